The first kappa shape index (κ1) is 25.8. The number of ether oxygens (including phenoxy) is 1. The van der Waals surface area contributed by atoms with Gasteiger partial charge in [-0.15, -0.1) is 0 Å². The van der Waals surface area contributed by atoms with E-state index < -0.39 is 0 Å². The molecule has 1 amide bonds. The van der Waals surface area contributed by atoms with E-state index >= 15 is 0 Å². The molecule has 1 heterocycles. The van der Waals surface area contributed by atoms with Crippen LogP contribution in [-0.4, -0.2) is 28.3 Å². The van der Waals surface area contributed by atoms with E-state index in [4.69, 9.17) is 21.3 Å². The quantitative estimate of drug-likeness (QED) is 0.209. The molecule has 0 aliphatic rings. The molecule has 4 rings (SSSR count). The van der Waals surface area contributed by atoms with Crippen LogP contribution in [0.3, 0.4) is 0 Å². The number of carbonyl (C=O) groups excluding carboxylic acids is 1. The molecule has 0 aliphatic carbocycles. The molecular formula is C28H28ClN3O3S. The van der Waals surface area contributed by atoms with E-state index in [9.17, 15) is 9.59 Å². The maximum Gasteiger partial charge on any atom is 0.266 e. The fraction of sp³-hybridized carbons (Fsp3) is 0.250. The first-order valence-electron chi connectivity index (χ1n) is 11.7. The Balaban J connectivity index is 1.66. The van der Waals surface area contributed by atoms with E-state index in [0.29, 0.717) is 38.4 Å². The van der Waals surface area contributed by atoms with Gasteiger partial charge in [0.15, 0.2) is 5.16 Å². The van der Waals surface area contributed by atoms with Gasteiger partial charge in [-0.25, -0.2) is 4.98 Å². The van der Waals surface area contributed by atoms with Crippen LogP contribution in [0.5, 0.6) is 5.75 Å². The number of fused-ring (bicyclic) bond motifs is 1. The normalized spacial score (nSPS) is 11.9. The Labute approximate surface area is 219 Å². The Bertz CT molecular complexity index is 1470. The van der Waals surface area contributed by atoms with Crippen LogP contribution in [-0.2, 0) is 4.79 Å². The highest BCUT2D eigenvalue weighted by atomic mass is 35.5. The molecule has 0 aliphatic heterocycles. The maximum atomic E-state index is 13.6. The molecule has 0 saturated carbocycles. The summed E-state index contributed by atoms with van der Waals surface area (Å²) in [6.45, 7) is 6.27. The van der Waals surface area contributed by atoms with Gasteiger partial charge in [0.1, 0.15) is 5.75 Å². The molecule has 1 aromatic heterocycles. The number of nitrogens with zero attached hydrogens (tertiary/aromatic N) is 2. The van der Waals surface area contributed by atoms with E-state index in [1.165, 1.54) is 21.9 Å². The number of methoxy groups -OCH3 is 1. The number of halogens is 1. The number of amides is 1. The van der Waals surface area contributed by atoms with E-state index in [2.05, 4.69) is 19.2 Å². The largest absolute Gasteiger partial charge is 0.495 e. The minimum absolute atomic E-state index is 0.0692. The number of hydrogen-bond acceptors (Lipinski definition) is 5. The Morgan fingerprint density at radius 2 is 1.89 bits per heavy atom. The van der Waals surface area contributed by atoms with Crippen LogP contribution >= 0.6 is 23.4 Å². The summed E-state index contributed by atoms with van der Waals surface area (Å²) in [6, 6.07) is 18.5. The fourth-order valence-electron chi connectivity index (χ4n) is 3.88. The third kappa shape index (κ3) is 5.58. The Morgan fingerprint density at radius 1 is 1.14 bits per heavy atom. The molecule has 0 radical (unpaired) electrons. The van der Waals surface area contributed by atoms with Crippen LogP contribution in [0.1, 0.15) is 37.3 Å². The number of aromatic nitrogens is 2. The summed E-state index contributed by atoms with van der Waals surface area (Å²) in [5.74, 6) is 0.873. The third-order valence-electron chi connectivity index (χ3n) is 6.08. The molecule has 0 bridgehead atoms. The van der Waals surface area contributed by atoms with Crippen molar-refractivity contribution in [1.82, 2.24) is 9.55 Å². The molecule has 4 aromatic rings. The predicted molar refractivity (Wildman–Crippen MR) is 148 cm³/mol. The third-order valence-corrected chi connectivity index (χ3v) is 7.26. The highest BCUT2D eigenvalue weighted by Gasteiger charge is 2.18. The molecule has 0 spiro atoms. The molecule has 1 unspecified atom stereocenters. The van der Waals surface area contributed by atoms with Gasteiger partial charge in [0.2, 0.25) is 5.91 Å². The molecule has 36 heavy (non-hydrogen) atoms. The summed E-state index contributed by atoms with van der Waals surface area (Å²) < 4.78 is 7.04. The van der Waals surface area contributed by atoms with Gasteiger partial charge in [0, 0.05) is 10.7 Å². The van der Waals surface area contributed by atoms with Gasteiger partial charge < -0.3 is 10.1 Å². The highest BCUT2D eigenvalue weighted by Crippen LogP contribution is 2.29. The minimum atomic E-state index is -0.260. The smallest absolute Gasteiger partial charge is 0.266 e. The van der Waals surface area contributed by atoms with E-state index in [-0.39, 0.29) is 17.2 Å². The minimum Gasteiger partial charge on any atom is -0.495 e. The van der Waals surface area contributed by atoms with E-state index in [1.54, 1.807) is 25.3 Å². The standard InChI is InChI=1S/C28H28ClN3O3S/c1-5-18(3)19-7-10-21(11-8-19)30-26(33)16-36-28-31-23-15-20(29)9-12-22(23)27(34)32(28)24-14-17(2)6-13-25(24)35-4/h6-15,18H,5,16H2,1-4H3,(H,30,33). The fourth-order valence-corrected chi connectivity index (χ4v) is 4.85. The van der Waals surface area contributed by atoms with Gasteiger partial charge in [0.25, 0.3) is 5.56 Å². The Morgan fingerprint density at radius 3 is 2.58 bits per heavy atom. The van der Waals surface area contributed by atoms with Crippen molar-refractivity contribution in [3.8, 4) is 11.4 Å². The van der Waals surface area contributed by atoms with Gasteiger partial charge in [-0.3, -0.25) is 14.2 Å². The molecule has 186 valence electrons. The number of rotatable bonds is 8. The molecule has 6 nitrogen and oxygen atoms in total. The number of aryl methyl sites for hydroxylation is 1. The second-order valence-electron chi connectivity index (χ2n) is 8.64. The van der Waals surface area contributed by atoms with Crippen molar-refractivity contribution in [3.05, 3.63) is 87.2 Å². The monoisotopic (exact) mass is 521 g/mol. The van der Waals surface area contributed by atoms with Crippen molar-refractivity contribution in [2.75, 3.05) is 18.2 Å². The average molecular weight is 522 g/mol. The molecule has 1 atom stereocenters. The first-order valence-corrected chi connectivity index (χ1v) is 13.1. The summed E-state index contributed by atoms with van der Waals surface area (Å²) in [4.78, 5) is 31.1. The van der Waals surface area contributed by atoms with Crippen molar-refractivity contribution in [2.45, 2.75) is 38.3 Å². The van der Waals surface area contributed by atoms with Gasteiger partial charge >= 0.3 is 0 Å². The predicted octanol–water partition coefficient (Wildman–Crippen LogP) is 6.60. The SMILES string of the molecule is CCC(C)c1ccc(NC(=O)CSc2nc3cc(Cl)ccc3c(=O)n2-c2cc(C)ccc2OC)cc1. The van der Waals surface area contributed by atoms with Crippen LogP contribution in [0.25, 0.3) is 16.6 Å². The number of anilines is 1. The topological polar surface area (TPSA) is 73.2 Å². The summed E-state index contributed by atoms with van der Waals surface area (Å²) in [5, 5.41) is 4.21. The van der Waals surface area contributed by atoms with Crippen molar-refractivity contribution in [2.24, 2.45) is 0 Å². The Hall–Kier alpha value is -3.29. The number of benzene rings is 3. The lowest BCUT2D eigenvalue weighted by Crippen LogP contribution is -2.23. The van der Waals surface area contributed by atoms with Crippen molar-refractivity contribution in [1.29, 1.82) is 0 Å². The van der Waals surface area contributed by atoms with E-state index in [0.717, 1.165) is 17.7 Å². The first-order chi connectivity index (χ1) is 17.3. The zero-order chi connectivity index (χ0) is 25.8. The summed E-state index contributed by atoms with van der Waals surface area (Å²) in [6.07, 6.45) is 1.06. The van der Waals surface area contributed by atoms with Crippen LogP contribution in [0, 0.1) is 6.92 Å². The maximum absolute atomic E-state index is 13.6. The summed E-state index contributed by atoms with van der Waals surface area (Å²) >= 11 is 7.35. The summed E-state index contributed by atoms with van der Waals surface area (Å²) in [7, 11) is 1.56. The number of nitrogens with one attached hydrogen (secondary N) is 1. The van der Waals surface area contributed by atoms with E-state index in [1.807, 2.05) is 49.4 Å². The number of hydrogen-bond donors (Lipinski definition) is 1. The van der Waals surface area contributed by atoms with Crippen molar-refractivity contribution in [3.63, 3.8) is 0 Å². The van der Waals surface area contributed by atoms with Crippen LogP contribution in [0.4, 0.5) is 5.69 Å². The van der Waals surface area contributed by atoms with Gasteiger partial charge in [-0.2, -0.15) is 0 Å². The number of carbonyl (C=O) groups is 1. The average Bonchev–Trinajstić information content (AvgIpc) is 2.87. The summed E-state index contributed by atoms with van der Waals surface area (Å²) in [5.41, 5.74) is 3.70. The lowest BCUT2D eigenvalue weighted by Gasteiger charge is -2.16. The Kier molecular flexibility index (Phi) is 8.01. The lowest BCUT2D eigenvalue weighted by atomic mass is 9.99. The highest BCUT2D eigenvalue weighted by molar-refractivity contribution is 7.99. The molecule has 0 fully saturated rings. The zero-order valence-electron chi connectivity index (χ0n) is 20.7. The van der Waals surface area contributed by atoms with Gasteiger partial charge in [0.05, 0.1) is 29.5 Å². The van der Waals surface area contributed by atoms with Crippen molar-refractivity contribution < 1.29 is 9.53 Å². The lowest BCUT2D eigenvalue weighted by molar-refractivity contribution is -0.113. The van der Waals surface area contributed by atoms with Crippen molar-refractivity contribution >= 4 is 45.9 Å². The van der Waals surface area contributed by atoms with Crippen LogP contribution < -0.4 is 15.6 Å². The molecular weight excluding hydrogens is 494 g/mol. The molecule has 1 N–H and O–H groups in total. The second-order valence-corrected chi connectivity index (χ2v) is 10.0. The van der Waals surface area contributed by atoms with Crippen LogP contribution in [0.15, 0.2) is 70.6 Å². The number of thioether (sulfide) groups is 1. The molecule has 0 saturated heterocycles. The zero-order valence-corrected chi connectivity index (χ0v) is 22.2. The molecule has 3 aromatic carbocycles. The van der Waals surface area contributed by atoms with Gasteiger partial charge in [-0.05, 0) is 72.9 Å². The molecule has 8 heteroatoms. The van der Waals surface area contributed by atoms with Gasteiger partial charge in [-0.1, -0.05) is 55.4 Å². The van der Waals surface area contributed by atoms with Crippen LogP contribution in [0.2, 0.25) is 5.02 Å². The second kappa shape index (κ2) is 11.2.